The van der Waals surface area contributed by atoms with Crippen molar-refractivity contribution in [3.8, 4) is 0 Å². The van der Waals surface area contributed by atoms with Crippen LogP contribution in [0.3, 0.4) is 0 Å². The number of rotatable bonds is 4. The van der Waals surface area contributed by atoms with Crippen LogP contribution in [0.15, 0.2) is 0 Å². The molecule has 110 valence electrons. The summed E-state index contributed by atoms with van der Waals surface area (Å²) in [6.07, 6.45) is 0.482. The quantitative estimate of drug-likeness (QED) is 0.813. The number of carbonyl (C=O) groups excluding carboxylic acids is 1. The molecule has 1 atom stereocenters. The maximum atomic E-state index is 11.5. The van der Waals surface area contributed by atoms with E-state index in [-0.39, 0.29) is 33.9 Å². The molecule has 1 saturated heterocycles. The van der Waals surface area contributed by atoms with E-state index in [1.165, 1.54) is 6.92 Å². The normalized spacial score (nSPS) is 20.8. The summed E-state index contributed by atoms with van der Waals surface area (Å²) in [5.41, 5.74) is -0.273. The number of hydrogen-bond donors (Lipinski definition) is 1. The van der Waals surface area contributed by atoms with Gasteiger partial charge in [-0.05, 0) is 6.42 Å². The number of hydrogen-bond acceptors (Lipinski definition) is 7. The summed E-state index contributed by atoms with van der Waals surface area (Å²) in [6.45, 7) is 1.28. The van der Waals surface area contributed by atoms with Crippen LogP contribution in [0.2, 0.25) is 0 Å². The van der Waals surface area contributed by atoms with Gasteiger partial charge in [0.1, 0.15) is 4.88 Å². The molecule has 0 saturated carbocycles. The van der Waals surface area contributed by atoms with E-state index in [0.717, 1.165) is 11.3 Å². The Morgan fingerprint density at radius 3 is 2.50 bits per heavy atom. The summed E-state index contributed by atoms with van der Waals surface area (Å²) in [5.74, 6) is -1.47. The minimum atomic E-state index is -3.03. The van der Waals surface area contributed by atoms with Gasteiger partial charge in [0.25, 0.3) is 0 Å². The van der Waals surface area contributed by atoms with Gasteiger partial charge in [-0.2, -0.15) is 0 Å². The zero-order valence-corrected chi connectivity index (χ0v) is 12.6. The predicted octanol–water partition coefficient (Wildman–Crippen LogP) is 0.667. The van der Waals surface area contributed by atoms with E-state index >= 15 is 0 Å². The summed E-state index contributed by atoms with van der Waals surface area (Å²) < 4.78 is 22.9. The van der Waals surface area contributed by atoms with E-state index in [0.29, 0.717) is 11.6 Å². The molecule has 0 aromatic carbocycles. The van der Waals surface area contributed by atoms with E-state index in [2.05, 4.69) is 4.98 Å². The molecule has 0 bridgehead atoms. The van der Waals surface area contributed by atoms with Crippen molar-refractivity contribution in [3.05, 3.63) is 10.6 Å². The molecule has 0 radical (unpaired) electrons. The van der Waals surface area contributed by atoms with E-state index in [4.69, 9.17) is 5.11 Å². The SMILES string of the molecule is CC(=O)c1sc(N(C)C2CCS(=O)(=O)C2)nc1C(=O)O. The minimum absolute atomic E-state index is 0.0287. The first-order valence-electron chi connectivity index (χ1n) is 5.89. The van der Waals surface area contributed by atoms with Crippen molar-refractivity contribution in [1.29, 1.82) is 0 Å². The second-order valence-electron chi connectivity index (χ2n) is 4.70. The van der Waals surface area contributed by atoms with Crippen LogP contribution in [0, 0.1) is 0 Å². The van der Waals surface area contributed by atoms with Crippen molar-refractivity contribution in [1.82, 2.24) is 4.98 Å². The first kappa shape index (κ1) is 14.9. The molecular formula is C11H14N2O5S2. The molecule has 1 aliphatic rings. The number of nitrogens with zero attached hydrogens (tertiary/aromatic N) is 2. The fourth-order valence-corrected chi connectivity index (χ4v) is 4.84. The molecule has 0 aliphatic carbocycles. The van der Waals surface area contributed by atoms with Gasteiger partial charge in [0, 0.05) is 20.0 Å². The van der Waals surface area contributed by atoms with Crippen LogP contribution in [-0.2, 0) is 9.84 Å². The molecule has 0 amide bonds. The number of carboxylic acid groups (broad SMARTS) is 1. The Morgan fingerprint density at radius 1 is 1.45 bits per heavy atom. The largest absolute Gasteiger partial charge is 0.476 e. The molecule has 2 rings (SSSR count). The lowest BCUT2D eigenvalue weighted by Crippen LogP contribution is -2.32. The van der Waals surface area contributed by atoms with Gasteiger partial charge in [-0.25, -0.2) is 18.2 Å². The highest BCUT2D eigenvalue weighted by Gasteiger charge is 2.33. The Hall–Kier alpha value is -1.48. The van der Waals surface area contributed by atoms with Gasteiger partial charge >= 0.3 is 5.97 Å². The fraction of sp³-hybridized carbons (Fsp3) is 0.545. The number of thiazole rings is 1. The Bertz CT molecular complexity index is 633. The Kier molecular flexibility index (Phi) is 3.83. The van der Waals surface area contributed by atoms with E-state index < -0.39 is 15.8 Å². The zero-order chi connectivity index (χ0) is 15.1. The lowest BCUT2D eigenvalue weighted by Gasteiger charge is -2.22. The second kappa shape index (κ2) is 5.13. The summed E-state index contributed by atoms with van der Waals surface area (Å²) in [5, 5.41) is 9.39. The van der Waals surface area contributed by atoms with Crippen molar-refractivity contribution in [3.63, 3.8) is 0 Å². The maximum absolute atomic E-state index is 11.5. The number of Topliss-reactive ketones (excluding diaryl/α,β-unsaturated/α-hetero) is 1. The first-order chi connectivity index (χ1) is 9.21. The molecule has 2 heterocycles. The highest BCUT2D eigenvalue weighted by Crippen LogP contribution is 2.30. The van der Waals surface area contributed by atoms with Gasteiger partial charge in [-0.3, -0.25) is 4.79 Å². The standard InChI is InChI=1S/C11H14N2O5S2/c1-6(14)9-8(10(15)16)12-11(19-9)13(2)7-3-4-20(17,18)5-7/h7H,3-5H2,1-2H3,(H,15,16). The number of aromatic carboxylic acids is 1. The lowest BCUT2D eigenvalue weighted by atomic mass is 10.2. The van der Waals surface area contributed by atoms with Crippen LogP contribution in [0.25, 0.3) is 0 Å². The lowest BCUT2D eigenvalue weighted by molar-refractivity contribution is 0.0687. The molecule has 9 heteroatoms. The van der Waals surface area contributed by atoms with Gasteiger partial charge in [0.05, 0.1) is 11.5 Å². The van der Waals surface area contributed by atoms with Gasteiger partial charge < -0.3 is 10.0 Å². The van der Waals surface area contributed by atoms with Crippen LogP contribution in [-0.4, -0.2) is 54.9 Å². The second-order valence-corrected chi connectivity index (χ2v) is 7.91. The van der Waals surface area contributed by atoms with Gasteiger partial charge in [0.15, 0.2) is 26.4 Å². The first-order valence-corrected chi connectivity index (χ1v) is 8.53. The van der Waals surface area contributed by atoms with Crippen LogP contribution in [0.4, 0.5) is 5.13 Å². The molecular weight excluding hydrogens is 304 g/mol. The number of carbonyl (C=O) groups is 2. The van der Waals surface area contributed by atoms with Crippen LogP contribution in [0.1, 0.15) is 33.5 Å². The summed E-state index contributed by atoms with van der Waals surface area (Å²) in [7, 11) is -1.37. The predicted molar refractivity (Wildman–Crippen MR) is 74.5 cm³/mol. The number of anilines is 1. The third-order valence-corrected chi connectivity index (χ3v) is 6.19. The third-order valence-electron chi connectivity index (χ3n) is 3.20. The van der Waals surface area contributed by atoms with Crippen molar-refractivity contribution < 1.29 is 23.1 Å². The van der Waals surface area contributed by atoms with E-state index in [9.17, 15) is 18.0 Å². The average molecular weight is 318 g/mol. The fourth-order valence-electron chi connectivity index (χ4n) is 2.08. The van der Waals surface area contributed by atoms with Crippen molar-refractivity contribution >= 4 is 38.1 Å². The summed E-state index contributed by atoms with van der Waals surface area (Å²) >= 11 is 0.981. The highest BCUT2D eigenvalue weighted by atomic mass is 32.2. The molecule has 1 fully saturated rings. The Morgan fingerprint density at radius 2 is 2.10 bits per heavy atom. The number of aromatic nitrogens is 1. The molecule has 1 N–H and O–H groups in total. The molecule has 1 aromatic rings. The van der Waals surface area contributed by atoms with E-state index in [1.807, 2.05) is 0 Å². The molecule has 1 unspecified atom stereocenters. The number of carboxylic acids is 1. The summed E-state index contributed by atoms with van der Waals surface area (Å²) in [4.78, 5) is 28.2. The number of sulfone groups is 1. The molecule has 0 spiro atoms. The van der Waals surface area contributed by atoms with Crippen LogP contribution >= 0.6 is 11.3 Å². The van der Waals surface area contributed by atoms with Crippen molar-refractivity contribution in [2.24, 2.45) is 0 Å². The molecule has 1 aromatic heterocycles. The van der Waals surface area contributed by atoms with Crippen molar-refractivity contribution in [2.45, 2.75) is 19.4 Å². The molecule has 1 aliphatic heterocycles. The smallest absolute Gasteiger partial charge is 0.356 e. The van der Waals surface area contributed by atoms with Gasteiger partial charge in [-0.15, -0.1) is 0 Å². The van der Waals surface area contributed by atoms with Crippen LogP contribution < -0.4 is 4.90 Å². The topological polar surface area (TPSA) is 105 Å². The van der Waals surface area contributed by atoms with E-state index in [1.54, 1.807) is 11.9 Å². The number of ketones is 1. The zero-order valence-electron chi connectivity index (χ0n) is 11.0. The monoisotopic (exact) mass is 318 g/mol. The van der Waals surface area contributed by atoms with Gasteiger partial charge in [-0.1, -0.05) is 11.3 Å². The third kappa shape index (κ3) is 2.83. The highest BCUT2D eigenvalue weighted by molar-refractivity contribution is 7.91. The molecule has 20 heavy (non-hydrogen) atoms. The molecule has 7 nitrogen and oxygen atoms in total. The average Bonchev–Trinajstić information content (AvgIpc) is 2.91. The van der Waals surface area contributed by atoms with Crippen molar-refractivity contribution in [2.75, 3.05) is 23.5 Å². The van der Waals surface area contributed by atoms with Gasteiger partial charge in [0.2, 0.25) is 0 Å². The summed E-state index contributed by atoms with van der Waals surface area (Å²) in [6, 6.07) is -0.229. The maximum Gasteiger partial charge on any atom is 0.356 e. The van der Waals surface area contributed by atoms with Crippen LogP contribution in [0.5, 0.6) is 0 Å². The minimum Gasteiger partial charge on any atom is -0.476 e. The Balaban J connectivity index is 2.32. The Labute approximate surface area is 120 Å².